The Morgan fingerprint density at radius 1 is 1.13 bits per heavy atom. The number of ether oxygens (including phenoxy) is 2. The van der Waals surface area contributed by atoms with E-state index in [9.17, 15) is 19.2 Å². The van der Waals surface area contributed by atoms with Gasteiger partial charge in [-0.3, -0.25) is 25.8 Å². The predicted molar refractivity (Wildman–Crippen MR) is 140 cm³/mol. The Kier molecular flexibility index (Phi) is 10.7. The van der Waals surface area contributed by atoms with E-state index in [1.165, 1.54) is 18.2 Å². The van der Waals surface area contributed by atoms with E-state index in [1.54, 1.807) is 41.5 Å². The summed E-state index contributed by atoms with van der Waals surface area (Å²) in [6.45, 7) is 10.5. The van der Waals surface area contributed by atoms with Crippen LogP contribution in [0.1, 0.15) is 53.7 Å². The lowest BCUT2D eigenvalue weighted by molar-refractivity contribution is -0.153. The van der Waals surface area contributed by atoms with Gasteiger partial charge in [0.15, 0.2) is 11.5 Å². The van der Waals surface area contributed by atoms with Crippen LogP contribution in [0.5, 0.6) is 0 Å². The molecule has 0 aliphatic heterocycles. The molecule has 4 N–H and O–H groups in total. The molecule has 1 heterocycles. The summed E-state index contributed by atoms with van der Waals surface area (Å²) in [6.07, 6.45) is -1.05. The molecule has 0 radical (unpaired) electrons. The van der Waals surface area contributed by atoms with Gasteiger partial charge in [0, 0.05) is 6.54 Å². The van der Waals surface area contributed by atoms with Crippen LogP contribution in [-0.2, 0) is 14.3 Å². The maximum Gasteiger partial charge on any atom is 0.413 e. The molecule has 15 heteroatoms. The summed E-state index contributed by atoms with van der Waals surface area (Å²) >= 11 is 3.07. The van der Waals surface area contributed by atoms with Crippen molar-refractivity contribution in [2.24, 2.45) is 9.98 Å². The highest BCUT2D eigenvalue weighted by Gasteiger charge is 2.22. The number of rotatable bonds is 8. The maximum atomic E-state index is 13.5. The number of alkyl carbamates (subject to hydrolysis) is 1. The van der Waals surface area contributed by atoms with Gasteiger partial charge in [-0.25, -0.2) is 18.8 Å². The lowest BCUT2D eigenvalue weighted by Gasteiger charge is -2.21. The normalized spacial score (nSPS) is 12.7. The molecular formula is C23H31BrFN7O6. The minimum atomic E-state index is -0.766. The first-order chi connectivity index (χ1) is 17.7. The summed E-state index contributed by atoms with van der Waals surface area (Å²) in [5.41, 5.74) is 0.808. The summed E-state index contributed by atoms with van der Waals surface area (Å²) in [5.74, 6) is -0.996. The monoisotopic (exact) mass is 599 g/mol. The van der Waals surface area contributed by atoms with Gasteiger partial charge in [0.1, 0.15) is 29.3 Å². The van der Waals surface area contributed by atoms with Crippen molar-refractivity contribution in [3.05, 3.63) is 34.2 Å². The van der Waals surface area contributed by atoms with E-state index in [0.29, 0.717) is 5.69 Å². The molecule has 0 atom stereocenters. The molecule has 0 aliphatic carbocycles. The van der Waals surface area contributed by atoms with Crippen molar-refractivity contribution in [3.63, 3.8) is 0 Å². The molecular weight excluding hydrogens is 569 g/mol. The van der Waals surface area contributed by atoms with Gasteiger partial charge in [0.05, 0.1) is 16.7 Å². The molecule has 0 saturated carbocycles. The standard InChI is InChI=1S/C23H31BrFN7O6/c1-22(2,3)36-17(33)12-16(29-21(34)37-23(4,5)6)26-9-10-27-19-18(31-38-32-19)20(30-35)28-13-7-8-15(25)14(24)11-13/h7-8,11,35H,9-10,12H2,1-6H3,(H,27,32)(H,28,30)(H,26,29,34). The highest BCUT2D eigenvalue weighted by atomic mass is 79.9. The Morgan fingerprint density at radius 3 is 2.42 bits per heavy atom. The van der Waals surface area contributed by atoms with Gasteiger partial charge in [-0.1, -0.05) is 0 Å². The van der Waals surface area contributed by atoms with Crippen molar-refractivity contribution in [3.8, 4) is 0 Å². The van der Waals surface area contributed by atoms with Crippen LogP contribution in [0.2, 0.25) is 0 Å². The molecule has 38 heavy (non-hydrogen) atoms. The zero-order valence-electron chi connectivity index (χ0n) is 21.9. The number of nitrogens with one attached hydrogen (secondary N) is 3. The average Bonchev–Trinajstić information content (AvgIpc) is 3.23. The molecule has 0 saturated heterocycles. The van der Waals surface area contributed by atoms with Crippen LogP contribution in [0.15, 0.2) is 37.3 Å². The highest BCUT2D eigenvalue weighted by molar-refractivity contribution is 9.10. The topological polar surface area (TPSA) is 173 Å². The fourth-order valence-electron chi connectivity index (χ4n) is 2.72. The number of halogens is 2. The van der Waals surface area contributed by atoms with E-state index >= 15 is 0 Å². The smallest absolute Gasteiger partial charge is 0.413 e. The van der Waals surface area contributed by atoms with E-state index in [0.717, 1.165) is 0 Å². The minimum absolute atomic E-state index is 0.0396. The van der Waals surface area contributed by atoms with Crippen LogP contribution >= 0.6 is 15.9 Å². The zero-order valence-corrected chi connectivity index (χ0v) is 23.5. The predicted octanol–water partition coefficient (Wildman–Crippen LogP) is 4.10. The molecule has 0 spiro atoms. The van der Waals surface area contributed by atoms with E-state index in [4.69, 9.17) is 14.1 Å². The Bertz CT molecular complexity index is 1160. The van der Waals surface area contributed by atoms with Crippen LogP contribution in [0, 0.1) is 5.82 Å². The second kappa shape index (κ2) is 13.3. The number of anilines is 1. The van der Waals surface area contributed by atoms with Gasteiger partial charge < -0.3 is 14.8 Å². The Labute approximate surface area is 227 Å². The molecule has 0 fully saturated rings. The number of hydrogen-bond donors (Lipinski definition) is 4. The summed E-state index contributed by atoms with van der Waals surface area (Å²) < 4.78 is 29.0. The number of hydroxylamine groups is 1. The van der Waals surface area contributed by atoms with Gasteiger partial charge in [0.25, 0.3) is 0 Å². The summed E-state index contributed by atoms with van der Waals surface area (Å²) in [7, 11) is 0. The molecule has 13 nitrogen and oxygen atoms in total. The van der Waals surface area contributed by atoms with E-state index in [-0.39, 0.29) is 47.2 Å². The summed E-state index contributed by atoms with van der Waals surface area (Å²) in [6, 6.07) is 4.01. The third kappa shape index (κ3) is 10.8. The van der Waals surface area contributed by atoms with E-state index < -0.39 is 29.1 Å². The first-order valence-corrected chi connectivity index (χ1v) is 12.2. The van der Waals surface area contributed by atoms with Crippen molar-refractivity contribution in [2.75, 3.05) is 18.4 Å². The van der Waals surface area contributed by atoms with E-state index in [2.05, 4.69) is 46.9 Å². The molecule has 2 rings (SSSR count). The third-order valence-corrected chi connectivity index (χ3v) is 4.65. The number of aromatic nitrogens is 2. The quantitative estimate of drug-likeness (QED) is 0.114. The Morgan fingerprint density at radius 2 is 1.82 bits per heavy atom. The van der Waals surface area contributed by atoms with Crippen molar-refractivity contribution in [1.29, 1.82) is 0 Å². The molecule has 1 aromatic heterocycles. The Balaban J connectivity index is 2.11. The second-order valence-electron chi connectivity index (χ2n) is 9.78. The van der Waals surface area contributed by atoms with Gasteiger partial charge in [-0.15, -0.1) is 0 Å². The van der Waals surface area contributed by atoms with Crippen molar-refractivity contribution >= 4 is 51.2 Å². The van der Waals surface area contributed by atoms with E-state index in [1.807, 2.05) is 5.48 Å². The van der Waals surface area contributed by atoms with Crippen LogP contribution in [0.25, 0.3) is 0 Å². The third-order valence-electron chi connectivity index (χ3n) is 4.05. The Hall–Kier alpha value is -3.59. The maximum absolute atomic E-state index is 13.5. The second-order valence-corrected chi connectivity index (χ2v) is 10.6. The molecule has 208 valence electrons. The van der Waals surface area contributed by atoms with Gasteiger partial charge >= 0.3 is 12.1 Å². The molecule has 0 bridgehead atoms. The number of benzene rings is 1. The van der Waals surface area contributed by atoms with Gasteiger partial charge in [-0.05, 0) is 86.0 Å². The molecule has 0 unspecified atom stereocenters. The van der Waals surface area contributed by atoms with Crippen LogP contribution in [0.4, 0.5) is 20.7 Å². The molecule has 0 aliphatic rings. The molecule has 1 amide bonds. The number of hydrogen-bond acceptors (Lipinski definition) is 11. The number of amidine groups is 2. The first kappa shape index (κ1) is 30.6. The summed E-state index contributed by atoms with van der Waals surface area (Å²) in [5, 5.41) is 22.4. The average molecular weight is 600 g/mol. The first-order valence-electron chi connectivity index (χ1n) is 11.4. The number of nitrogens with zero attached hydrogens (tertiary/aromatic N) is 4. The van der Waals surface area contributed by atoms with Gasteiger partial charge in [0.2, 0.25) is 5.82 Å². The SMILES string of the molecule is CC(C)(C)OC(=O)CC(=NCCNc1nonc1C(=Nc1ccc(F)c(Br)c1)NO)NC(=O)OC(C)(C)C. The molecule has 2 aromatic rings. The number of esters is 1. The van der Waals surface area contributed by atoms with Crippen LogP contribution in [0.3, 0.4) is 0 Å². The number of carbonyl (C=O) groups is 2. The lowest BCUT2D eigenvalue weighted by atomic mass is 10.2. The minimum Gasteiger partial charge on any atom is -0.460 e. The summed E-state index contributed by atoms with van der Waals surface area (Å²) in [4.78, 5) is 33.0. The molecule has 1 aromatic carbocycles. The zero-order chi connectivity index (χ0) is 28.5. The fourth-order valence-corrected chi connectivity index (χ4v) is 3.08. The largest absolute Gasteiger partial charge is 0.460 e. The fraction of sp³-hybridized carbons (Fsp3) is 0.478. The van der Waals surface area contributed by atoms with Crippen LogP contribution in [-0.4, -0.2) is 63.5 Å². The van der Waals surface area contributed by atoms with Crippen LogP contribution < -0.4 is 16.1 Å². The lowest BCUT2D eigenvalue weighted by Crippen LogP contribution is -2.38. The highest BCUT2D eigenvalue weighted by Crippen LogP contribution is 2.23. The van der Waals surface area contributed by atoms with Gasteiger partial charge in [-0.2, -0.15) is 0 Å². The van der Waals surface area contributed by atoms with Crippen molar-refractivity contribution in [2.45, 2.75) is 59.2 Å². The van der Waals surface area contributed by atoms with Crippen molar-refractivity contribution < 1.29 is 33.3 Å². The van der Waals surface area contributed by atoms with Crippen molar-refractivity contribution in [1.82, 2.24) is 21.1 Å². The number of aliphatic imine (C=N–C) groups is 2. The number of carbonyl (C=O) groups excluding carboxylic acids is 2. The number of amides is 1.